The number of aromatic nitrogens is 3. The van der Waals surface area contributed by atoms with Crippen molar-refractivity contribution in [2.45, 2.75) is 0 Å². The van der Waals surface area contributed by atoms with Gasteiger partial charge in [0.05, 0.1) is 28.9 Å². The highest BCUT2D eigenvalue weighted by molar-refractivity contribution is 6.42. The van der Waals surface area contributed by atoms with Crippen LogP contribution in [-0.2, 0) is 4.74 Å². The highest BCUT2D eigenvalue weighted by atomic mass is 35.5. The summed E-state index contributed by atoms with van der Waals surface area (Å²) >= 11 is 11.9. The van der Waals surface area contributed by atoms with Crippen LogP contribution in [-0.4, -0.2) is 41.1 Å². The molecule has 6 nitrogen and oxygen atoms in total. The zero-order valence-corrected chi connectivity index (χ0v) is 12.1. The maximum Gasteiger partial charge on any atom is 0.247 e. The van der Waals surface area contributed by atoms with Gasteiger partial charge < -0.3 is 15.4 Å². The van der Waals surface area contributed by atoms with E-state index in [9.17, 15) is 0 Å². The lowest BCUT2D eigenvalue weighted by molar-refractivity contribution is 0.122. The van der Waals surface area contributed by atoms with E-state index in [4.69, 9.17) is 33.7 Å². The molecule has 1 aromatic heterocycles. The largest absolute Gasteiger partial charge is 0.378 e. The van der Waals surface area contributed by atoms with Crippen molar-refractivity contribution in [3.63, 3.8) is 0 Å². The molecule has 1 aromatic carbocycles. The number of halogens is 2. The second-order valence-corrected chi connectivity index (χ2v) is 5.19. The molecular weight excluding hydrogens is 301 g/mol. The number of benzene rings is 1. The van der Waals surface area contributed by atoms with E-state index < -0.39 is 0 Å². The number of anilines is 2. The maximum atomic E-state index is 6.01. The minimum absolute atomic E-state index is 0.310. The van der Waals surface area contributed by atoms with Crippen LogP contribution < -0.4 is 10.6 Å². The number of nitrogens with zero attached hydrogens (tertiary/aromatic N) is 4. The van der Waals surface area contributed by atoms with Crippen LogP contribution in [0.15, 0.2) is 18.2 Å². The van der Waals surface area contributed by atoms with Crippen LogP contribution in [0.5, 0.6) is 0 Å². The summed E-state index contributed by atoms with van der Waals surface area (Å²) in [5, 5.41) is 5.36. The van der Waals surface area contributed by atoms with Crippen LogP contribution in [0, 0.1) is 0 Å². The first-order chi connectivity index (χ1) is 9.65. The molecule has 2 heterocycles. The van der Waals surface area contributed by atoms with Gasteiger partial charge in [0.2, 0.25) is 11.9 Å². The van der Waals surface area contributed by atoms with Crippen molar-refractivity contribution < 1.29 is 4.74 Å². The summed E-state index contributed by atoms with van der Waals surface area (Å²) in [7, 11) is 0. The molecule has 0 saturated carbocycles. The molecule has 8 heteroatoms. The Bertz CT molecular complexity index is 624. The number of morpholine rings is 1. The number of hydrogen-bond acceptors (Lipinski definition) is 5. The number of rotatable bonds is 2. The smallest absolute Gasteiger partial charge is 0.247 e. The molecule has 1 aliphatic rings. The number of hydrogen-bond donors (Lipinski definition) is 1. The van der Waals surface area contributed by atoms with Crippen molar-refractivity contribution in [2.24, 2.45) is 0 Å². The maximum absolute atomic E-state index is 6.01. The topological polar surface area (TPSA) is 69.2 Å². The van der Waals surface area contributed by atoms with Crippen LogP contribution in [0.2, 0.25) is 10.0 Å². The van der Waals surface area contributed by atoms with E-state index in [1.54, 1.807) is 22.9 Å². The molecule has 106 valence electrons. The Hall–Kier alpha value is -1.50. The summed E-state index contributed by atoms with van der Waals surface area (Å²) in [5.74, 6) is 0.904. The molecule has 0 amide bonds. The van der Waals surface area contributed by atoms with Crippen molar-refractivity contribution in [3.8, 4) is 5.69 Å². The molecule has 1 aliphatic heterocycles. The molecule has 0 radical (unpaired) electrons. The quantitative estimate of drug-likeness (QED) is 0.918. The summed E-state index contributed by atoms with van der Waals surface area (Å²) < 4.78 is 6.85. The molecular formula is C12H13Cl2N5O. The lowest BCUT2D eigenvalue weighted by atomic mass is 10.3. The predicted octanol–water partition coefficient (Wildman–Crippen LogP) is 1.99. The molecule has 3 rings (SSSR count). The average molecular weight is 314 g/mol. The summed E-state index contributed by atoms with van der Waals surface area (Å²) in [6.45, 7) is 2.85. The molecule has 1 fully saturated rings. The first kappa shape index (κ1) is 13.5. The van der Waals surface area contributed by atoms with Gasteiger partial charge in [-0.3, -0.25) is 0 Å². The molecule has 2 aromatic rings. The van der Waals surface area contributed by atoms with Gasteiger partial charge in [0.25, 0.3) is 0 Å². The van der Waals surface area contributed by atoms with E-state index in [0.29, 0.717) is 35.2 Å². The Balaban J connectivity index is 1.93. The monoisotopic (exact) mass is 313 g/mol. The first-order valence-electron chi connectivity index (χ1n) is 6.16. The highest BCUT2D eigenvalue weighted by Crippen LogP contribution is 2.25. The Kier molecular flexibility index (Phi) is 3.69. The van der Waals surface area contributed by atoms with E-state index >= 15 is 0 Å². The van der Waals surface area contributed by atoms with E-state index in [0.717, 1.165) is 18.8 Å². The van der Waals surface area contributed by atoms with Crippen LogP contribution >= 0.6 is 23.2 Å². The molecule has 0 unspecified atom stereocenters. The fourth-order valence-corrected chi connectivity index (χ4v) is 2.31. The van der Waals surface area contributed by atoms with Crippen LogP contribution in [0.25, 0.3) is 5.69 Å². The van der Waals surface area contributed by atoms with Crippen LogP contribution in [0.1, 0.15) is 0 Å². The number of nitrogens with two attached hydrogens (primary N) is 1. The average Bonchev–Trinajstić information content (AvgIpc) is 2.85. The predicted molar refractivity (Wildman–Crippen MR) is 78.8 cm³/mol. The highest BCUT2D eigenvalue weighted by Gasteiger charge is 2.18. The minimum Gasteiger partial charge on any atom is -0.378 e. The Labute approximate surface area is 126 Å². The Morgan fingerprint density at radius 3 is 2.60 bits per heavy atom. The first-order valence-corrected chi connectivity index (χ1v) is 6.91. The van der Waals surface area contributed by atoms with Gasteiger partial charge in [0.15, 0.2) is 0 Å². The van der Waals surface area contributed by atoms with Gasteiger partial charge in [-0.1, -0.05) is 23.2 Å². The van der Waals surface area contributed by atoms with Gasteiger partial charge in [0.1, 0.15) is 0 Å². The van der Waals surface area contributed by atoms with Crippen molar-refractivity contribution in [3.05, 3.63) is 28.2 Å². The lowest BCUT2D eigenvalue weighted by Crippen LogP contribution is -2.37. The summed E-state index contributed by atoms with van der Waals surface area (Å²) in [6, 6.07) is 5.20. The van der Waals surface area contributed by atoms with Gasteiger partial charge in [0, 0.05) is 13.1 Å². The second-order valence-electron chi connectivity index (χ2n) is 4.38. The van der Waals surface area contributed by atoms with E-state index in [1.807, 2.05) is 4.90 Å². The molecule has 2 N–H and O–H groups in total. The molecule has 0 bridgehead atoms. The fraction of sp³-hybridized carbons (Fsp3) is 0.333. The van der Waals surface area contributed by atoms with Crippen molar-refractivity contribution >= 4 is 35.1 Å². The fourth-order valence-electron chi connectivity index (χ4n) is 2.02. The minimum atomic E-state index is 0.310. The summed E-state index contributed by atoms with van der Waals surface area (Å²) in [5.41, 5.74) is 6.65. The number of nitrogen functional groups attached to an aromatic ring is 1. The van der Waals surface area contributed by atoms with Gasteiger partial charge in [-0.05, 0) is 18.2 Å². The number of ether oxygens (including phenoxy) is 1. The molecule has 0 atom stereocenters. The van der Waals surface area contributed by atoms with Gasteiger partial charge >= 0.3 is 0 Å². The Morgan fingerprint density at radius 2 is 1.90 bits per heavy atom. The van der Waals surface area contributed by atoms with Gasteiger partial charge in [-0.25, -0.2) is 0 Å². The summed E-state index contributed by atoms with van der Waals surface area (Å²) in [6.07, 6.45) is 0. The third-order valence-electron chi connectivity index (χ3n) is 3.06. The van der Waals surface area contributed by atoms with Gasteiger partial charge in [-0.2, -0.15) is 9.67 Å². The van der Waals surface area contributed by atoms with E-state index in [1.165, 1.54) is 0 Å². The second kappa shape index (κ2) is 5.47. The normalized spacial score (nSPS) is 15.6. The van der Waals surface area contributed by atoms with Crippen molar-refractivity contribution in [1.29, 1.82) is 0 Å². The van der Waals surface area contributed by atoms with Gasteiger partial charge in [-0.15, -0.1) is 5.10 Å². The molecule has 1 saturated heterocycles. The third-order valence-corrected chi connectivity index (χ3v) is 3.80. The third kappa shape index (κ3) is 2.54. The lowest BCUT2D eigenvalue weighted by Gasteiger charge is -2.25. The van der Waals surface area contributed by atoms with E-state index in [-0.39, 0.29) is 0 Å². The molecule has 20 heavy (non-hydrogen) atoms. The van der Waals surface area contributed by atoms with Crippen LogP contribution in [0.3, 0.4) is 0 Å². The standard InChI is InChI=1S/C12H13Cl2N5O/c13-9-2-1-8(7-10(9)14)19-11(15)16-12(17-19)18-3-5-20-6-4-18/h1-2,7H,3-6H2,(H2,15,16,17). The SMILES string of the molecule is Nc1nc(N2CCOCC2)nn1-c1ccc(Cl)c(Cl)c1. The zero-order chi connectivity index (χ0) is 14.1. The molecule has 0 spiro atoms. The van der Waals surface area contributed by atoms with Crippen molar-refractivity contribution in [2.75, 3.05) is 36.9 Å². The summed E-state index contributed by atoms with van der Waals surface area (Å²) in [4.78, 5) is 6.32. The van der Waals surface area contributed by atoms with E-state index in [2.05, 4.69) is 10.1 Å². The molecule has 0 aliphatic carbocycles. The Morgan fingerprint density at radius 1 is 1.15 bits per heavy atom. The van der Waals surface area contributed by atoms with Crippen LogP contribution in [0.4, 0.5) is 11.9 Å². The zero-order valence-electron chi connectivity index (χ0n) is 10.6. The van der Waals surface area contributed by atoms with Crippen molar-refractivity contribution in [1.82, 2.24) is 14.8 Å².